The van der Waals surface area contributed by atoms with Crippen molar-refractivity contribution in [2.75, 3.05) is 18.4 Å². The number of rotatable bonds is 6. The number of carbonyl (C=O) groups is 1. The predicted molar refractivity (Wildman–Crippen MR) is 92.6 cm³/mol. The molecule has 2 aromatic rings. The first-order valence-electron chi connectivity index (χ1n) is 7.69. The molecule has 0 atom stereocenters. The minimum absolute atomic E-state index is 0.0385. The van der Waals surface area contributed by atoms with Crippen LogP contribution >= 0.6 is 0 Å². The van der Waals surface area contributed by atoms with E-state index in [1.807, 2.05) is 0 Å². The Bertz CT molecular complexity index is 863. The van der Waals surface area contributed by atoms with Crippen molar-refractivity contribution in [2.45, 2.75) is 18.7 Å². The number of phenolic OH excluding ortho intramolecular Hbond substituents is 1. The highest BCUT2D eigenvalue weighted by Crippen LogP contribution is 2.28. The zero-order valence-corrected chi connectivity index (χ0v) is 14.7. The van der Waals surface area contributed by atoms with Crippen molar-refractivity contribution in [2.24, 2.45) is 0 Å². The van der Waals surface area contributed by atoms with Gasteiger partial charge in [0.25, 0.3) is 5.91 Å². The molecule has 2 rings (SSSR count). The van der Waals surface area contributed by atoms with E-state index in [0.717, 1.165) is 12.1 Å². The lowest BCUT2D eigenvalue weighted by molar-refractivity contribution is 0.102. The summed E-state index contributed by atoms with van der Waals surface area (Å²) in [5.74, 6) is -1.34. The first-order chi connectivity index (χ1) is 11.8. The van der Waals surface area contributed by atoms with E-state index in [1.165, 1.54) is 34.6 Å². The third-order valence-electron chi connectivity index (χ3n) is 3.67. The van der Waals surface area contributed by atoms with Crippen molar-refractivity contribution in [3.05, 3.63) is 53.8 Å². The average molecular weight is 366 g/mol. The Balaban J connectivity index is 2.33. The molecule has 0 spiro atoms. The third-order valence-corrected chi connectivity index (χ3v) is 5.71. The molecule has 2 aromatic carbocycles. The number of amides is 1. The lowest BCUT2D eigenvalue weighted by Crippen LogP contribution is -2.30. The number of aromatic hydroxyl groups is 1. The van der Waals surface area contributed by atoms with Crippen LogP contribution in [0.1, 0.15) is 24.2 Å². The summed E-state index contributed by atoms with van der Waals surface area (Å²) in [6, 6.07) is 8.53. The number of phenols is 1. The second-order valence-corrected chi connectivity index (χ2v) is 7.17. The lowest BCUT2D eigenvalue weighted by Gasteiger charge is -2.19. The maximum absolute atomic E-state index is 12.9. The number of nitrogens with zero attached hydrogens (tertiary/aromatic N) is 1. The number of hydrogen-bond acceptors (Lipinski definition) is 4. The van der Waals surface area contributed by atoms with E-state index in [1.54, 1.807) is 13.8 Å². The third kappa shape index (κ3) is 4.15. The average Bonchev–Trinajstić information content (AvgIpc) is 2.58. The van der Waals surface area contributed by atoms with Gasteiger partial charge in [-0.2, -0.15) is 4.31 Å². The number of sulfonamides is 1. The molecule has 134 valence electrons. The first-order valence-corrected chi connectivity index (χ1v) is 9.13. The minimum atomic E-state index is -3.73. The maximum atomic E-state index is 12.9. The Morgan fingerprint density at radius 3 is 2.28 bits per heavy atom. The van der Waals surface area contributed by atoms with E-state index >= 15 is 0 Å². The summed E-state index contributed by atoms with van der Waals surface area (Å²) in [4.78, 5) is 12.1. The molecule has 6 nitrogen and oxygen atoms in total. The normalized spacial score (nSPS) is 11.5. The second kappa shape index (κ2) is 7.62. The lowest BCUT2D eigenvalue weighted by atomic mass is 10.2. The molecule has 0 saturated heterocycles. The highest BCUT2D eigenvalue weighted by molar-refractivity contribution is 7.89. The van der Waals surface area contributed by atoms with Gasteiger partial charge in [-0.05, 0) is 42.5 Å². The van der Waals surface area contributed by atoms with Crippen LogP contribution in [-0.4, -0.2) is 36.8 Å². The van der Waals surface area contributed by atoms with Crippen LogP contribution < -0.4 is 5.32 Å². The molecule has 2 N–H and O–H groups in total. The van der Waals surface area contributed by atoms with Crippen LogP contribution in [0.25, 0.3) is 0 Å². The molecule has 0 aliphatic heterocycles. The van der Waals surface area contributed by atoms with E-state index in [4.69, 9.17) is 0 Å². The molecule has 0 fully saturated rings. The van der Waals surface area contributed by atoms with E-state index in [-0.39, 0.29) is 21.9 Å². The smallest absolute Gasteiger partial charge is 0.255 e. The number of nitrogens with one attached hydrogen (secondary N) is 1. The number of hydrogen-bond donors (Lipinski definition) is 2. The van der Waals surface area contributed by atoms with Gasteiger partial charge in [0.15, 0.2) is 0 Å². The zero-order chi connectivity index (χ0) is 18.6. The van der Waals surface area contributed by atoms with Crippen LogP contribution in [-0.2, 0) is 10.0 Å². The molecule has 0 heterocycles. The summed E-state index contributed by atoms with van der Waals surface area (Å²) < 4.78 is 39.3. The molecule has 25 heavy (non-hydrogen) atoms. The number of halogens is 1. The fourth-order valence-electron chi connectivity index (χ4n) is 2.28. The van der Waals surface area contributed by atoms with E-state index in [9.17, 15) is 22.7 Å². The van der Waals surface area contributed by atoms with Crippen LogP contribution in [0.5, 0.6) is 5.75 Å². The molecule has 0 saturated carbocycles. The van der Waals surface area contributed by atoms with Crippen molar-refractivity contribution in [3.8, 4) is 5.75 Å². The summed E-state index contributed by atoms with van der Waals surface area (Å²) in [6.07, 6.45) is 0. The van der Waals surface area contributed by atoms with Crippen LogP contribution in [0, 0.1) is 5.82 Å². The monoisotopic (exact) mass is 366 g/mol. The molecule has 0 bridgehead atoms. The van der Waals surface area contributed by atoms with Crippen LogP contribution in [0.3, 0.4) is 0 Å². The zero-order valence-electron chi connectivity index (χ0n) is 13.9. The van der Waals surface area contributed by atoms with Crippen molar-refractivity contribution in [3.63, 3.8) is 0 Å². The number of carbonyl (C=O) groups excluding carboxylic acids is 1. The van der Waals surface area contributed by atoms with Gasteiger partial charge in [0, 0.05) is 18.7 Å². The molecule has 0 unspecified atom stereocenters. The number of benzene rings is 2. The van der Waals surface area contributed by atoms with E-state index < -0.39 is 21.7 Å². The fraction of sp³-hybridized carbons (Fsp3) is 0.235. The van der Waals surface area contributed by atoms with Gasteiger partial charge < -0.3 is 10.4 Å². The van der Waals surface area contributed by atoms with Crippen molar-refractivity contribution >= 4 is 21.6 Å². The molecule has 0 radical (unpaired) electrons. The van der Waals surface area contributed by atoms with Gasteiger partial charge in [0.2, 0.25) is 10.0 Å². The highest BCUT2D eigenvalue weighted by Gasteiger charge is 2.23. The van der Waals surface area contributed by atoms with Gasteiger partial charge in [-0.1, -0.05) is 13.8 Å². The van der Waals surface area contributed by atoms with Gasteiger partial charge in [0.05, 0.1) is 10.6 Å². The molecule has 1 amide bonds. The number of anilines is 1. The van der Waals surface area contributed by atoms with Crippen LogP contribution in [0.2, 0.25) is 0 Å². The Kier molecular flexibility index (Phi) is 5.76. The Labute approximate surface area is 146 Å². The highest BCUT2D eigenvalue weighted by atomic mass is 32.2. The van der Waals surface area contributed by atoms with Crippen molar-refractivity contribution < 1.29 is 22.7 Å². The fourth-order valence-corrected chi connectivity index (χ4v) is 3.77. The summed E-state index contributed by atoms with van der Waals surface area (Å²) in [5, 5.41) is 12.3. The van der Waals surface area contributed by atoms with Gasteiger partial charge in [-0.15, -0.1) is 0 Å². The van der Waals surface area contributed by atoms with Gasteiger partial charge >= 0.3 is 0 Å². The summed E-state index contributed by atoms with van der Waals surface area (Å²) in [6.45, 7) is 4.05. The molecular formula is C17H19FN2O4S. The van der Waals surface area contributed by atoms with Gasteiger partial charge in [0.1, 0.15) is 11.6 Å². The van der Waals surface area contributed by atoms with E-state index in [2.05, 4.69) is 5.32 Å². The first kappa shape index (κ1) is 18.9. The maximum Gasteiger partial charge on any atom is 0.255 e. The Hall–Kier alpha value is -2.45. The second-order valence-electron chi connectivity index (χ2n) is 5.23. The standard InChI is InChI=1S/C17H19FN2O4S/c1-3-20(4-2)25(23,24)14-9-10-16(21)15(11-14)19-17(22)12-5-7-13(18)8-6-12/h5-11,21H,3-4H2,1-2H3,(H,19,22). The van der Waals surface area contributed by atoms with Crippen LogP contribution in [0.4, 0.5) is 10.1 Å². The Morgan fingerprint density at radius 2 is 1.72 bits per heavy atom. The Morgan fingerprint density at radius 1 is 1.12 bits per heavy atom. The molecular weight excluding hydrogens is 347 g/mol. The topological polar surface area (TPSA) is 86.7 Å². The quantitative estimate of drug-likeness (QED) is 0.770. The summed E-state index contributed by atoms with van der Waals surface area (Å²) in [7, 11) is -3.73. The van der Waals surface area contributed by atoms with E-state index in [0.29, 0.717) is 13.1 Å². The molecule has 8 heteroatoms. The molecule has 0 aliphatic carbocycles. The SMILES string of the molecule is CCN(CC)S(=O)(=O)c1ccc(O)c(NC(=O)c2ccc(F)cc2)c1. The van der Waals surface area contributed by atoms with Crippen molar-refractivity contribution in [1.82, 2.24) is 4.31 Å². The van der Waals surface area contributed by atoms with Crippen molar-refractivity contribution in [1.29, 1.82) is 0 Å². The summed E-state index contributed by atoms with van der Waals surface area (Å²) in [5.41, 5.74) is 0.139. The van der Waals surface area contributed by atoms with Gasteiger partial charge in [-0.25, -0.2) is 12.8 Å². The minimum Gasteiger partial charge on any atom is -0.506 e. The predicted octanol–water partition coefficient (Wildman–Crippen LogP) is 2.81. The van der Waals surface area contributed by atoms with Crippen LogP contribution in [0.15, 0.2) is 47.4 Å². The van der Waals surface area contributed by atoms with Gasteiger partial charge in [-0.3, -0.25) is 4.79 Å². The largest absolute Gasteiger partial charge is 0.506 e. The summed E-state index contributed by atoms with van der Waals surface area (Å²) >= 11 is 0. The molecule has 0 aliphatic rings. The molecule has 0 aromatic heterocycles.